The van der Waals surface area contributed by atoms with Crippen molar-refractivity contribution >= 4 is 16.9 Å². The first-order valence-corrected chi connectivity index (χ1v) is 5.79. The van der Waals surface area contributed by atoms with Crippen LogP contribution in [-0.4, -0.2) is 42.8 Å². The fourth-order valence-corrected chi connectivity index (χ4v) is 2.29. The van der Waals surface area contributed by atoms with Gasteiger partial charge in [0.25, 0.3) is 0 Å². The van der Waals surface area contributed by atoms with Crippen LogP contribution in [0.3, 0.4) is 0 Å². The second-order valence-corrected chi connectivity index (χ2v) is 4.95. The zero-order chi connectivity index (χ0) is 11.4. The Hall–Kier alpha value is -0.960. The Morgan fingerprint density at radius 2 is 1.80 bits per heavy atom. The van der Waals surface area contributed by atoms with Crippen LogP contribution in [0.15, 0.2) is 29.2 Å². The summed E-state index contributed by atoms with van der Waals surface area (Å²) in [5.74, 6) is 0. The van der Waals surface area contributed by atoms with E-state index < -0.39 is 0 Å². The largest absolute Gasteiger partial charge is 0.312 e. The standard InChI is InChI=1S/C12H19N2S/c1-10-8-6-7-9-11(10)15-12(13(2)3)14(4)5/h6-9H,1-5H3/q+1. The van der Waals surface area contributed by atoms with Gasteiger partial charge in [0.15, 0.2) is 0 Å². The molecule has 1 aromatic rings. The lowest BCUT2D eigenvalue weighted by atomic mass is 10.2. The smallest absolute Gasteiger partial charge is 0.261 e. The van der Waals surface area contributed by atoms with Crippen LogP contribution in [0.25, 0.3) is 0 Å². The topological polar surface area (TPSA) is 6.25 Å². The van der Waals surface area contributed by atoms with Gasteiger partial charge in [-0.05, 0) is 30.3 Å². The Kier molecular flexibility index (Phi) is 4.21. The van der Waals surface area contributed by atoms with Crippen LogP contribution < -0.4 is 0 Å². The third-order valence-electron chi connectivity index (χ3n) is 2.06. The summed E-state index contributed by atoms with van der Waals surface area (Å²) in [6, 6.07) is 8.46. The highest BCUT2D eigenvalue weighted by Gasteiger charge is 2.14. The van der Waals surface area contributed by atoms with Crippen LogP contribution in [0.4, 0.5) is 0 Å². The molecule has 1 rings (SSSR count). The Morgan fingerprint density at radius 1 is 1.20 bits per heavy atom. The van der Waals surface area contributed by atoms with Gasteiger partial charge in [-0.25, -0.2) is 0 Å². The molecule has 0 saturated heterocycles. The number of aryl methyl sites for hydroxylation is 1. The third kappa shape index (κ3) is 3.27. The molecule has 0 heterocycles. The van der Waals surface area contributed by atoms with Crippen LogP contribution in [-0.2, 0) is 0 Å². The molecule has 3 heteroatoms. The molecule has 0 radical (unpaired) electrons. The van der Waals surface area contributed by atoms with Crippen molar-refractivity contribution < 1.29 is 4.58 Å². The van der Waals surface area contributed by atoms with Crippen molar-refractivity contribution in [3.8, 4) is 0 Å². The van der Waals surface area contributed by atoms with E-state index in [1.54, 1.807) is 11.8 Å². The number of benzene rings is 1. The second kappa shape index (κ2) is 5.21. The van der Waals surface area contributed by atoms with E-state index in [0.29, 0.717) is 0 Å². The van der Waals surface area contributed by atoms with Crippen molar-refractivity contribution in [2.45, 2.75) is 11.8 Å². The van der Waals surface area contributed by atoms with Gasteiger partial charge in [0.1, 0.15) is 0 Å². The van der Waals surface area contributed by atoms with Crippen LogP contribution in [0.2, 0.25) is 0 Å². The maximum Gasteiger partial charge on any atom is 0.312 e. The maximum atomic E-state index is 2.16. The van der Waals surface area contributed by atoms with Crippen molar-refractivity contribution in [2.24, 2.45) is 0 Å². The average molecular weight is 223 g/mol. The zero-order valence-electron chi connectivity index (χ0n) is 10.1. The van der Waals surface area contributed by atoms with E-state index in [9.17, 15) is 0 Å². The predicted octanol–water partition coefficient (Wildman–Crippen LogP) is 2.28. The highest BCUT2D eigenvalue weighted by atomic mass is 32.2. The van der Waals surface area contributed by atoms with Crippen molar-refractivity contribution in [3.05, 3.63) is 29.8 Å². The molecule has 15 heavy (non-hydrogen) atoms. The summed E-state index contributed by atoms with van der Waals surface area (Å²) in [4.78, 5) is 3.45. The van der Waals surface area contributed by atoms with Gasteiger partial charge in [0.2, 0.25) is 0 Å². The van der Waals surface area contributed by atoms with Gasteiger partial charge >= 0.3 is 5.17 Å². The molecule has 0 unspecified atom stereocenters. The van der Waals surface area contributed by atoms with E-state index in [-0.39, 0.29) is 0 Å². The van der Waals surface area contributed by atoms with E-state index in [2.05, 4.69) is 68.9 Å². The monoisotopic (exact) mass is 223 g/mol. The third-order valence-corrected chi connectivity index (χ3v) is 3.65. The molecule has 2 nitrogen and oxygen atoms in total. The number of hydrogen-bond acceptors (Lipinski definition) is 1. The highest BCUT2D eigenvalue weighted by molar-refractivity contribution is 8.13. The van der Waals surface area contributed by atoms with E-state index in [0.717, 1.165) is 0 Å². The number of hydrogen-bond donors (Lipinski definition) is 0. The van der Waals surface area contributed by atoms with Gasteiger partial charge in [-0.3, -0.25) is 9.48 Å². The summed E-state index contributed by atoms with van der Waals surface area (Å²) in [7, 11) is 8.28. The number of nitrogens with zero attached hydrogens (tertiary/aromatic N) is 2. The average Bonchev–Trinajstić information content (AvgIpc) is 2.15. The van der Waals surface area contributed by atoms with E-state index in [4.69, 9.17) is 0 Å². The predicted molar refractivity (Wildman–Crippen MR) is 67.8 cm³/mol. The van der Waals surface area contributed by atoms with E-state index >= 15 is 0 Å². The number of rotatable bonds is 1. The van der Waals surface area contributed by atoms with Crippen molar-refractivity contribution in [1.82, 2.24) is 4.90 Å². The Bertz CT molecular complexity index is 366. The van der Waals surface area contributed by atoms with Crippen LogP contribution in [0, 0.1) is 6.92 Å². The fourth-order valence-electron chi connectivity index (χ4n) is 1.35. The molecule has 0 aromatic heterocycles. The van der Waals surface area contributed by atoms with Crippen LogP contribution in [0.5, 0.6) is 0 Å². The first-order chi connectivity index (χ1) is 7.02. The Balaban J connectivity index is 2.95. The second-order valence-electron chi connectivity index (χ2n) is 3.94. The molecular weight excluding hydrogens is 204 g/mol. The quantitative estimate of drug-likeness (QED) is 0.312. The maximum absolute atomic E-state index is 2.16. The molecule has 0 fully saturated rings. The van der Waals surface area contributed by atoms with Crippen molar-refractivity contribution in [2.75, 3.05) is 28.2 Å². The van der Waals surface area contributed by atoms with Crippen LogP contribution >= 0.6 is 11.8 Å². The number of amidine groups is 1. The summed E-state index contributed by atoms with van der Waals surface area (Å²) < 4.78 is 2.14. The lowest BCUT2D eigenvalue weighted by Crippen LogP contribution is -2.26. The fraction of sp³-hybridized carbons (Fsp3) is 0.417. The minimum atomic E-state index is 1.24. The van der Waals surface area contributed by atoms with Gasteiger partial charge in [-0.1, -0.05) is 18.2 Å². The summed E-state index contributed by atoms with van der Waals surface area (Å²) >= 11 is 1.80. The molecule has 0 saturated carbocycles. The van der Waals surface area contributed by atoms with Gasteiger partial charge < -0.3 is 0 Å². The SMILES string of the molecule is Cc1ccccc1SC(N(C)C)=[N+](C)C. The summed E-state index contributed by atoms with van der Waals surface area (Å²) in [5.41, 5.74) is 1.32. The molecule has 0 amide bonds. The van der Waals surface area contributed by atoms with Gasteiger partial charge in [0, 0.05) is 4.90 Å². The normalized spacial score (nSPS) is 9.93. The Labute approximate surface area is 96.6 Å². The molecule has 0 aliphatic heterocycles. The Morgan fingerprint density at radius 3 is 2.27 bits per heavy atom. The molecule has 1 aromatic carbocycles. The summed E-state index contributed by atoms with van der Waals surface area (Å²) in [5, 5.41) is 1.24. The molecule has 0 spiro atoms. The minimum Gasteiger partial charge on any atom is -0.261 e. The van der Waals surface area contributed by atoms with E-state index in [1.165, 1.54) is 15.6 Å². The van der Waals surface area contributed by atoms with Gasteiger partial charge in [0.05, 0.1) is 28.2 Å². The number of thioether (sulfide) groups is 1. The van der Waals surface area contributed by atoms with Gasteiger partial charge in [-0.15, -0.1) is 0 Å². The highest BCUT2D eigenvalue weighted by Crippen LogP contribution is 2.23. The molecular formula is C12H19N2S+. The van der Waals surface area contributed by atoms with E-state index in [1.807, 2.05) is 0 Å². The van der Waals surface area contributed by atoms with Crippen LogP contribution in [0.1, 0.15) is 5.56 Å². The molecule has 0 aliphatic carbocycles. The minimum absolute atomic E-state index is 1.24. The van der Waals surface area contributed by atoms with Crippen molar-refractivity contribution in [3.63, 3.8) is 0 Å². The summed E-state index contributed by atoms with van der Waals surface area (Å²) in [6.07, 6.45) is 0. The molecule has 0 N–H and O–H groups in total. The van der Waals surface area contributed by atoms with Crippen molar-refractivity contribution in [1.29, 1.82) is 0 Å². The molecule has 0 bridgehead atoms. The van der Waals surface area contributed by atoms with Gasteiger partial charge in [-0.2, -0.15) is 0 Å². The molecule has 0 atom stereocenters. The zero-order valence-corrected chi connectivity index (χ0v) is 10.9. The lowest BCUT2D eigenvalue weighted by Gasteiger charge is -2.11. The first-order valence-electron chi connectivity index (χ1n) is 4.97. The first kappa shape index (κ1) is 12.1. The summed E-state index contributed by atoms with van der Waals surface area (Å²) in [6.45, 7) is 2.14. The lowest BCUT2D eigenvalue weighted by molar-refractivity contribution is -0.466. The molecule has 0 aliphatic rings. The molecule has 82 valence electrons.